The van der Waals surface area contributed by atoms with Gasteiger partial charge in [-0.05, 0) is 30.7 Å². The third-order valence-electron chi connectivity index (χ3n) is 2.08. The van der Waals surface area contributed by atoms with Crippen LogP contribution in [0.25, 0.3) is 0 Å². The van der Waals surface area contributed by atoms with Gasteiger partial charge in [-0.15, -0.1) is 0 Å². The van der Waals surface area contributed by atoms with Crippen LogP contribution in [0, 0.1) is 18.3 Å². The Kier molecular flexibility index (Phi) is 3.35. The fourth-order valence-electron chi connectivity index (χ4n) is 1.36. The van der Waals surface area contributed by atoms with E-state index in [1.54, 1.807) is 0 Å². The summed E-state index contributed by atoms with van der Waals surface area (Å²) in [6.45, 7) is 2.75. The molecule has 0 fully saturated rings. The van der Waals surface area contributed by atoms with Crippen LogP contribution >= 0.6 is 0 Å². The number of benzene rings is 1. The number of nitrogen functional groups attached to an aromatic ring is 1. The molecule has 0 amide bonds. The minimum Gasteiger partial charge on any atom is -0.399 e. The van der Waals surface area contributed by atoms with E-state index in [1.165, 1.54) is 0 Å². The van der Waals surface area contributed by atoms with E-state index in [9.17, 15) is 0 Å². The molecule has 14 heavy (non-hydrogen) atoms. The van der Waals surface area contributed by atoms with Gasteiger partial charge in [0.15, 0.2) is 0 Å². The Morgan fingerprint density at radius 3 is 2.71 bits per heavy atom. The summed E-state index contributed by atoms with van der Waals surface area (Å²) in [5.41, 5.74) is 8.71. The van der Waals surface area contributed by atoms with Crippen LogP contribution in [0.4, 0.5) is 11.4 Å². The Morgan fingerprint density at radius 2 is 2.14 bits per heavy atom. The molecule has 0 aromatic heterocycles. The minimum atomic E-state index is 0.532. The van der Waals surface area contributed by atoms with E-state index in [0.717, 1.165) is 23.5 Å². The molecule has 0 heterocycles. The van der Waals surface area contributed by atoms with Gasteiger partial charge in [0, 0.05) is 25.0 Å². The first-order valence-electron chi connectivity index (χ1n) is 4.58. The van der Waals surface area contributed by atoms with Crippen LogP contribution < -0.4 is 10.6 Å². The summed E-state index contributed by atoms with van der Waals surface area (Å²) in [5, 5.41) is 8.47. The fourth-order valence-corrected chi connectivity index (χ4v) is 1.36. The van der Waals surface area contributed by atoms with Crippen LogP contribution in [-0.4, -0.2) is 13.6 Å². The van der Waals surface area contributed by atoms with Crippen LogP contribution in [0.2, 0.25) is 0 Å². The Hall–Kier alpha value is -1.69. The van der Waals surface area contributed by atoms with E-state index in [4.69, 9.17) is 11.0 Å². The van der Waals surface area contributed by atoms with Gasteiger partial charge in [0.1, 0.15) is 0 Å². The average Bonchev–Trinajstić information content (AvgIpc) is 2.12. The van der Waals surface area contributed by atoms with Crippen molar-refractivity contribution in [2.24, 2.45) is 0 Å². The number of hydrogen-bond donors (Lipinski definition) is 1. The highest BCUT2D eigenvalue weighted by Gasteiger charge is 2.01. The van der Waals surface area contributed by atoms with Gasteiger partial charge >= 0.3 is 0 Å². The lowest BCUT2D eigenvalue weighted by Crippen LogP contribution is -2.18. The standard InChI is InChI=1S/C11H15N3/c1-9-6-10(13)8-11(7-9)14(2)5-3-4-12/h6-8H,3,5,13H2,1-2H3. The van der Waals surface area contributed by atoms with E-state index in [2.05, 4.69) is 12.1 Å². The molecule has 1 aromatic carbocycles. The van der Waals surface area contributed by atoms with Gasteiger partial charge in [-0.3, -0.25) is 0 Å². The first-order chi connectivity index (χ1) is 6.63. The van der Waals surface area contributed by atoms with Gasteiger partial charge in [-0.2, -0.15) is 5.26 Å². The predicted molar refractivity (Wildman–Crippen MR) is 59.1 cm³/mol. The Balaban J connectivity index is 2.79. The van der Waals surface area contributed by atoms with Gasteiger partial charge in [-0.25, -0.2) is 0 Å². The molecule has 0 radical (unpaired) electrons. The van der Waals surface area contributed by atoms with Crippen molar-refractivity contribution in [3.05, 3.63) is 23.8 Å². The van der Waals surface area contributed by atoms with Gasteiger partial charge < -0.3 is 10.6 Å². The smallest absolute Gasteiger partial charge is 0.0640 e. The molecule has 0 saturated carbocycles. The number of hydrogen-bond acceptors (Lipinski definition) is 3. The lowest BCUT2D eigenvalue weighted by Gasteiger charge is -2.18. The molecule has 3 heteroatoms. The van der Waals surface area contributed by atoms with Crippen molar-refractivity contribution in [3.63, 3.8) is 0 Å². The Labute approximate surface area is 84.7 Å². The number of nitrogens with two attached hydrogens (primary N) is 1. The molecule has 0 aliphatic carbocycles. The zero-order valence-corrected chi connectivity index (χ0v) is 8.62. The maximum absolute atomic E-state index is 8.47. The van der Waals surface area contributed by atoms with Gasteiger partial charge in [-0.1, -0.05) is 0 Å². The van der Waals surface area contributed by atoms with Crippen molar-refractivity contribution < 1.29 is 0 Å². The second-order valence-electron chi connectivity index (χ2n) is 3.43. The summed E-state index contributed by atoms with van der Waals surface area (Å²) in [6.07, 6.45) is 0.532. The zero-order chi connectivity index (χ0) is 10.6. The summed E-state index contributed by atoms with van der Waals surface area (Å²) in [6, 6.07) is 8.04. The van der Waals surface area contributed by atoms with Crippen molar-refractivity contribution in [2.45, 2.75) is 13.3 Å². The van der Waals surface area contributed by atoms with Crippen molar-refractivity contribution in [1.82, 2.24) is 0 Å². The van der Waals surface area contributed by atoms with Gasteiger partial charge in [0.2, 0.25) is 0 Å². The van der Waals surface area contributed by atoms with Crippen molar-refractivity contribution in [3.8, 4) is 6.07 Å². The van der Waals surface area contributed by atoms with Gasteiger partial charge in [0.25, 0.3) is 0 Å². The topological polar surface area (TPSA) is 53.0 Å². The molecule has 0 aliphatic rings. The van der Waals surface area contributed by atoms with Gasteiger partial charge in [0.05, 0.1) is 12.5 Å². The third-order valence-corrected chi connectivity index (χ3v) is 2.08. The molecule has 0 bridgehead atoms. The van der Waals surface area contributed by atoms with E-state index < -0.39 is 0 Å². The molecule has 0 unspecified atom stereocenters. The molecule has 0 spiro atoms. The fraction of sp³-hybridized carbons (Fsp3) is 0.364. The van der Waals surface area contributed by atoms with E-state index in [0.29, 0.717) is 6.42 Å². The normalized spacial score (nSPS) is 9.50. The maximum atomic E-state index is 8.47. The number of anilines is 2. The molecule has 74 valence electrons. The Morgan fingerprint density at radius 1 is 1.43 bits per heavy atom. The molecule has 2 N–H and O–H groups in total. The summed E-state index contributed by atoms with van der Waals surface area (Å²) in [4.78, 5) is 2.03. The SMILES string of the molecule is Cc1cc(N)cc(N(C)CCC#N)c1. The minimum absolute atomic E-state index is 0.532. The third kappa shape index (κ3) is 2.67. The summed E-state index contributed by atoms with van der Waals surface area (Å²) >= 11 is 0. The average molecular weight is 189 g/mol. The van der Waals surface area contributed by atoms with Crippen molar-refractivity contribution in [1.29, 1.82) is 5.26 Å². The second-order valence-corrected chi connectivity index (χ2v) is 3.43. The van der Waals surface area contributed by atoms with Crippen LogP contribution in [0.15, 0.2) is 18.2 Å². The quantitative estimate of drug-likeness (QED) is 0.739. The molecule has 3 nitrogen and oxygen atoms in total. The molecular weight excluding hydrogens is 174 g/mol. The van der Waals surface area contributed by atoms with E-state index >= 15 is 0 Å². The summed E-state index contributed by atoms with van der Waals surface area (Å²) in [7, 11) is 1.96. The van der Waals surface area contributed by atoms with Crippen molar-refractivity contribution in [2.75, 3.05) is 24.2 Å². The molecular formula is C11H15N3. The first kappa shape index (κ1) is 10.4. The summed E-state index contributed by atoms with van der Waals surface area (Å²) in [5.74, 6) is 0. The lowest BCUT2D eigenvalue weighted by molar-refractivity contribution is 0.905. The largest absolute Gasteiger partial charge is 0.399 e. The highest BCUT2D eigenvalue weighted by atomic mass is 15.1. The van der Waals surface area contributed by atoms with E-state index in [1.807, 2.05) is 31.0 Å². The number of nitrogens with zero attached hydrogens (tertiary/aromatic N) is 2. The molecule has 0 aliphatic heterocycles. The predicted octanol–water partition coefficient (Wildman–Crippen LogP) is 1.93. The highest BCUT2D eigenvalue weighted by molar-refractivity contribution is 5.57. The summed E-state index contributed by atoms with van der Waals surface area (Å²) < 4.78 is 0. The van der Waals surface area contributed by atoms with Crippen molar-refractivity contribution >= 4 is 11.4 Å². The first-order valence-corrected chi connectivity index (χ1v) is 4.58. The van der Waals surface area contributed by atoms with Crippen LogP contribution in [0.5, 0.6) is 0 Å². The molecule has 1 rings (SSSR count). The highest BCUT2D eigenvalue weighted by Crippen LogP contribution is 2.19. The van der Waals surface area contributed by atoms with Crippen LogP contribution in [0.3, 0.4) is 0 Å². The van der Waals surface area contributed by atoms with Crippen LogP contribution in [0.1, 0.15) is 12.0 Å². The number of aryl methyl sites for hydroxylation is 1. The van der Waals surface area contributed by atoms with Crippen LogP contribution in [-0.2, 0) is 0 Å². The molecule has 1 aromatic rings. The Bertz CT molecular complexity index is 332. The zero-order valence-electron chi connectivity index (χ0n) is 8.62. The maximum Gasteiger partial charge on any atom is 0.0640 e. The van der Waals surface area contributed by atoms with E-state index in [-0.39, 0.29) is 0 Å². The monoisotopic (exact) mass is 189 g/mol. The second kappa shape index (κ2) is 4.52. The number of rotatable bonds is 3. The lowest BCUT2D eigenvalue weighted by atomic mass is 10.2. The molecule has 0 saturated heterocycles. The molecule has 0 atom stereocenters. The number of nitriles is 1.